The predicted molar refractivity (Wildman–Crippen MR) is 62.4 cm³/mol. The maximum absolute atomic E-state index is 5.76. The molecule has 1 unspecified atom stereocenters. The lowest BCUT2D eigenvalue weighted by Crippen LogP contribution is -2.19. The minimum absolute atomic E-state index is 0.0364. The van der Waals surface area contributed by atoms with E-state index in [-0.39, 0.29) is 12.9 Å². The molecule has 1 aliphatic heterocycles. The van der Waals surface area contributed by atoms with Crippen LogP contribution in [0.2, 0.25) is 0 Å². The molecule has 0 spiro atoms. The fraction of sp³-hybridized carbons (Fsp3) is 0.500. The molecule has 2 rings (SSSR count). The van der Waals surface area contributed by atoms with Gasteiger partial charge in [-0.3, -0.25) is 0 Å². The molecule has 0 saturated carbocycles. The molecule has 0 aromatic heterocycles. The van der Waals surface area contributed by atoms with Crippen molar-refractivity contribution in [3.8, 4) is 17.2 Å². The first-order chi connectivity index (χ1) is 8.24. The summed E-state index contributed by atoms with van der Waals surface area (Å²) in [6, 6.07) is 3.67. The zero-order valence-electron chi connectivity index (χ0n) is 10.1. The zero-order valence-corrected chi connectivity index (χ0v) is 10.1. The van der Waals surface area contributed by atoms with Crippen LogP contribution in [0.5, 0.6) is 17.2 Å². The van der Waals surface area contributed by atoms with E-state index in [1.807, 2.05) is 19.1 Å². The van der Waals surface area contributed by atoms with Crippen molar-refractivity contribution in [2.24, 2.45) is 5.73 Å². The lowest BCUT2D eigenvalue weighted by Gasteiger charge is -2.16. The molecule has 2 N–H and O–H groups in total. The number of methoxy groups -OCH3 is 1. The molecule has 0 bridgehead atoms. The van der Waals surface area contributed by atoms with Gasteiger partial charge >= 0.3 is 0 Å². The van der Waals surface area contributed by atoms with Crippen LogP contribution in [0.15, 0.2) is 12.1 Å². The fourth-order valence-corrected chi connectivity index (χ4v) is 1.72. The quantitative estimate of drug-likeness (QED) is 0.838. The summed E-state index contributed by atoms with van der Waals surface area (Å²) in [6.07, 6.45) is -0.0364. The van der Waals surface area contributed by atoms with Crippen molar-refractivity contribution in [2.75, 3.05) is 20.5 Å². The lowest BCUT2D eigenvalue weighted by molar-refractivity contribution is 0.0912. The lowest BCUT2D eigenvalue weighted by atomic mass is 10.1. The van der Waals surface area contributed by atoms with Gasteiger partial charge in [0.25, 0.3) is 0 Å². The number of rotatable bonds is 5. The number of ether oxygens (including phenoxy) is 4. The first kappa shape index (κ1) is 12.0. The van der Waals surface area contributed by atoms with Crippen molar-refractivity contribution in [3.05, 3.63) is 17.7 Å². The van der Waals surface area contributed by atoms with Gasteiger partial charge in [-0.05, 0) is 13.0 Å². The number of hydrogen-bond donors (Lipinski definition) is 1. The molecule has 1 aromatic carbocycles. The van der Waals surface area contributed by atoms with E-state index in [2.05, 4.69) is 0 Å². The Morgan fingerprint density at radius 3 is 2.71 bits per heavy atom. The van der Waals surface area contributed by atoms with Crippen LogP contribution in [0.3, 0.4) is 0 Å². The molecule has 0 saturated heterocycles. The van der Waals surface area contributed by atoms with E-state index < -0.39 is 0 Å². The molecule has 0 aliphatic carbocycles. The van der Waals surface area contributed by atoms with Crippen LogP contribution >= 0.6 is 0 Å². The first-order valence-corrected chi connectivity index (χ1v) is 5.52. The van der Waals surface area contributed by atoms with Gasteiger partial charge in [0.2, 0.25) is 6.79 Å². The van der Waals surface area contributed by atoms with Gasteiger partial charge in [0, 0.05) is 25.3 Å². The van der Waals surface area contributed by atoms with E-state index in [9.17, 15) is 0 Å². The number of fused-ring (bicyclic) bond motifs is 1. The van der Waals surface area contributed by atoms with Gasteiger partial charge in [0.15, 0.2) is 11.5 Å². The average molecular weight is 239 g/mol. The Balaban J connectivity index is 2.20. The smallest absolute Gasteiger partial charge is 0.231 e. The highest BCUT2D eigenvalue weighted by molar-refractivity contribution is 5.51. The summed E-state index contributed by atoms with van der Waals surface area (Å²) in [6.45, 7) is 3.11. The Hall–Kier alpha value is -1.46. The number of nitrogens with two attached hydrogens (primary N) is 1. The summed E-state index contributed by atoms with van der Waals surface area (Å²) in [5.74, 6) is 2.14. The van der Waals surface area contributed by atoms with Crippen molar-refractivity contribution in [1.29, 1.82) is 0 Å². The third-order valence-corrected chi connectivity index (χ3v) is 2.51. The highest BCUT2D eigenvalue weighted by Crippen LogP contribution is 2.38. The van der Waals surface area contributed by atoms with Gasteiger partial charge in [-0.1, -0.05) is 0 Å². The Morgan fingerprint density at radius 1 is 1.35 bits per heavy atom. The molecular weight excluding hydrogens is 222 g/mol. The molecular formula is C12H17NO4. The second-order valence-corrected chi connectivity index (χ2v) is 3.90. The van der Waals surface area contributed by atoms with Crippen molar-refractivity contribution in [1.82, 2.24) is 0 Å². The standard InChI is InChI=1S/C12H17NO4/c1-8(6-14-2)17-10-4-12-11(15-7-16-12)3-9(10)5-13/h3-4,8H,5-7,13H2,1-2H3. The molecule has 1 atom stereocenters. The van der Waals surface area contributed by atoms with Gasteiger partial charge in [0.1, 0.15) is 11.9 Å². The summed E-state index contributed by atoms with van der Waals surface area (Å²) < 4.78 is 21.4. The summed E-state index contributed by atoms with van der Waals surface area (Å²) >= 11 is 0. The van der Waals surface area contributed by atoms with Crippen molar-refractivity contribution >= 4 is 0 Å². The normalized spacial score (nSPS) is 14.8. The average Bonchev–Trinajstić information content (AvgIpc) is 2.75. The van der Waals surface area contributed by atoms with E-state index in [1.165, 1.54) is 0 Å². The predicted octanol–water partition coefficient (Wildman–Crippen LogP) is 1.29. The van der Waals surface area contributed by atoms with Crippen LogP contribution in [-0.2, 0) is 11.3 Å². The van der Waals surface area contributed by atoms with Crippen LogP contribution in [0.1, 0.15) is 12.5 Å². The molecule has 17 heavy (non-hydrogen) atoms. The maximum Gasteiger partial charge on any atom is 0.231 e. The Morgan fingerprint density at radius 2 is 2.06 bits per heavy atom. The Kier molecular flexibility index (Phi) is 3.71. The minimum atomic E-state index is -0.0364. The Labute approximate surface area is 100 Å². The summed E-state index contributed by atoms with van der Waals surface area (Å²) in [5.41, 5.74) is 6.59. The van der Waals surface area contributed by atoms with E-state index in [0.717, 1.165) is 17.1 Å². The SMILES string of the molecule is COCC(C)Oc1cc2c(cc1CN)OCO2. The second-order valence-electron chi connectivity index (χ2n) is 3.90. The third-order valence-electron chi connectivity index (χ3n) is 2.51. The van der Waals surface area contributed by atoms with Gasteiger partial charge in [-0.25, -0.2) is 0 Å². The van der Waals surface area contributed by atoms with Crippen LogP contribution < -0.4 is 19.9 Å². The Bertz CT molecular complexity index is 394. The number of hydrogen-bond acceptors (Lipinski definition) is 5. The molecule has 1 heterocycles. The van der Waals surface area contributed by atoms with Crippen molar-refractivity contribution < 1.29 is 18.9 Å². The highest BCUT2D eigenvalue weighted by Gasteiger charge is 2.18. The van der Waals surface area contributed by atoms with E-state index in [1.54, 1.807) is 7.11 Å². The monoisotopic (exact) mass is 239 g/mol. The highest BCUT2D eigenvalue weighted by atomic mass is 16.7. The van der Waals surface area contributed by atoms with Crippen LogP contribution in [-0.4, -0.2) is 26.6 Å². The zero-order chi connectivity index (χ0) is 12.3. The molecule has 1 aromatic rings. The van der Waals surface area contributed by atoms with Gasteiger partial charge in [0.05, 0.1) is 6.61 Å². The minimum Gasteiger partial charge on any atom is -0.488 e. The molecule has 1 aliphatic rings. The van der Waals surface area contributed by atoms with Crippen LogP contribution in [0.25, 0.3) is 0 Å². The molecule has 5 heteroatoms. The molecule has 94 valence electrons. The van der Waals surface area contributed by atoms with Crippen molar-refractivity contribution in [3.63, 3.8) is 0 Å². The van der Waals surface area contributed by atoms with E-state index in [4.69, 9.17) is 24.7 Å². The fourth-order valence-electron chi connectivity index (χ4n) is 1.72. The van der Waals surface area contributed by atoms with E-state index in [0.29, 0.717) is 18.9 Å². The second kappa shape index (κ2) is 5.25. The summed E-state index contributed by atoms with van der Waals surface area (Å²) in [5, 5.41) is 0. The van der Waals surface area contributed by atoms with Gasteiger partial charge in [-0.2, -0.15) is 0 Å². The third kappa shape index (κ3) is 2.62. The largest absolute Gasteiger partial charge is 0.488 e. The van der Waals surface area contributed by atoms with Crippen LogP contribution in [0, 0.1) is 0 Å². The first-order valence-electron chi connectivity index (χ1n) is 5.52. The van der Waals surface area contributed by atoms with Crippen LogP contribution in [0.4, 0.5) is 0 Å². The maximum atomic E-state index is 5.76. The van der Waals surface area contributed by atoms with Crippen molar-refractivity contribution in [2.45, 2.75) is 19.6 Å². The summed E-state index contributed by atoms with van der Waals surface area (Å²) in [7, 11) is 1.64. The molecule has 5 nitrogen and oxygen atoms in total. The summed E-state index contributed by atoms with van der Waals surface area (Å²) in [4.78, 5) is 0. The molecule has 0 fully saturated rings. The topological polar surface area (TPSA) is 62.9 Å². The van der Waals surface area contributed by atoms with E-state index >= 15 is 0 Å². The van der Waals surface area contributed by atoms with Gasteiger partial charge in [-0.15, -0.1) is 0 Å². The van der Waals surface area contributed by atoms with Gasteiger partial charge < -0.3 is 24.7 Å². The molecule has 0 amide bonds. The molecule has 0 radical (unpaired) electrons. The number of benzene rings is 1.